The molecular formula is C67H43NOS. The molecule has 13 aromatic rings. The van der Waals surface area contributed by atoms with Gasteiger partial charge in [0.05, 0.1) is 11.1 Å². The highest BCUT2D eigenvalue weighted by atomic mass is 32.1. The van der Waals surface area contributed by atoms with E-state index in [1.807, 2.05) is 17.4 Å². The zero-order valence-electron chi connectivity index (χ0n) is 38.1. The van der Waals surface area contributed by atoms with Crippen LogP contribution in [0.4, 0.5) is 17.1 Å². The normalized spacial score (nSPS) is 12.7. The summed E-state index contributed by atoms with van der Waals surface area (Å²) in [6.45, 7) is 0. The van der Waals surface area contributed by atoms with Gasteiger partial charge in [-0.25, -0.2) is 0 Å². The highest BCUT2D eigenvalue weighted by molar-refractivity contribution is 7.26. The van der Waals surface area contributed by atoms with Crippen LogP contribution in [0.25, 0.3) is 86.6 Å². The SMILES string of the molecule is c1ccc(C2(c3ccccc3)c3ccccc3-c3c(N(c4ccc(-c5ccc(-c6cccc7c6sc6ccccc67)cc5)cc4)c4ccc(-c5cccc6c5oc5ccccc56)cc4)cccc32)cc1. The number of thiophene rings is 1. The molecule has 0 spiro atoms. The maximum absolute atomic E-state index is 6.53. The summed E-state index contributed by atoms with van der Waals surface area (Å²) in [4.78, 5) is 2.45. The number of anilines is 3. The van der Waals surface area contributed by atoms with Crippen molar-refractivity contribution in [3.05, 3.63) is 283 Å². The molecule has 0 radical (unpaired) electrons. The van der Waals surface area contributed by atoms with Gasteiger partial charge < -0.3 is 9.32 Å². The number of para-hydroxylation sites is 2. The van der Waals surface area contributed by atoms with Gasteiger partial charge in [-0.2, -0.15) is 0 Å². The number of furan rings is 1. The molecule has 0 fully saturated rings. The Morgan fingerprint density at radius 1 is 0.343 bits per heavy atom. The monoisotopic (exact) mass is 909 g/mol. The predicted molar refractivity (Wildman–Crippen MR) is 295 cm³/mol. The number of hydrogen-bond donors (Lipinski definition) is 0. The Balaban J connectivity index is 0.912. The molecule has 0 N–H and O–H groups in total. The van der Waals surface area contributed by atoms with Crippen LogP contribution in [0.1, 0.15) is 22.3 Å². The lowest BCUT2D eigenvalue weighted by atomic mass is 9.68. The van der Waals surface area contributed by atoms with Gasteiger partial charge in [-0.3, -0.25) is 0 Å². The van der Waals surface area contributed by atoms with Crippen LogP contribution in [0.5, 0.6) is 0 Å². The summed E-state index contributed by atoms with van der Waals surface area (Å²) in [6.07, 6.45) is 0. The Hall–Kier alpha value is -8.76. The Labute approximate surface area is 410 Å². The first kappa shape index (κ1) is 40.3. The second-order valence-electron chi connectivity index (χ2n) is 18.3. The summed E-state index contributed by atoms with van der Waals surface area (Å²) < 4.78 is 9.18. The highest BCUT2D eigenvalue weighted by Gasteiger charge is 2.47. The van der Waals surface area contributed by atoms with E-state index in [0.29, 0.717) is 0 Å². The van der Waals surface area contributed by atoms with Gasteiger partial charge in [-0.1, -0.05) is 218 Å². The molecule has 2 nitrogen and oxygen atoms in total. The van der Waals surface area contributed by atoms with Crippen LogP contribution in [0, 0.1) is 0 Å². The molecule has 0 aliphatic heterocycles. The molecule has 1 aliphatic carbocycles. The summed E-state index contributed by atoms with van der Waals surface area (Å²) in [5, 5.41) is 4.90. The maximum Gasteiger partial charge on any atom is 0.143 e. The fourth-order valence-corrected chi connectivity index (χ4v) is 12.7. The van der Waals surface area contributed by atoms with Crippen molar-refractivity contribution in [2.45, 2.75) is 5.41 Å². The molecule has 11 aromatic carbocycles. The van der Waals surface area contributed by atoms with E-state index in [2.05, 4.69) is 260 Å². The molecular weight excluding hydrogens is 867 g/mol. The Bertz CT molecular complexity index is 4050. The molecule has 70 heavy (non-hydrogen) atoms. The average molecular weight is 910 g/mol. The van der Waals surface area contributed by atoms with Gasteiger partial charge >= 0.3 is 0 Å². The van der Waals surface area contributed by atoms with Gasteiger partial charge in [0.2, 0.25) is 0 Å². The molecule has 14 rings (SSSR count). The van der Waals surface area contributed by atoms with Crippen molar-refractivity contribution >= 4 is 70.5 Å². The van der Waals surface area contributed by atoms with Crippen LogP contribution >= 0.6 is 11.3 Å². The second-order valence-corrected chi connectivity index (χ2v) is 19.3. The standard InChI is InChI=1S/C67H43NOS/c1-3-16-48(17-4-1)67(49-18-5-2-6-19-49)59-27-10-7-22-58(59)64-60(67)28-15-29-61(64)68(51-42-38-46(39-43-51)52-23-13-25-56-54-20-8-11-30-62(54)69-65(52)56)50-40-36-45(37-41-50)44-32-34-47(35-33-44)53-24-14-26-57-55-21-9-12-31-63(55)70-66(53)57/h1-43H. The van der Waals surface area contributed by atoms with E-state index in [1.165, 1.54) is 75.8 Å². The summed E-state index contributed by atoms with van der Waals surface area (Å²) in [7, 11) is 0. The number of benzene rings is 11. The van der Waals surface area contributed by atoms with Gasteiger partial charge in [0.25, 0.3) is 0 Å². The Morgan fingerprint density at radius 3 is 1.57 bits per heavy atom. The summed E-state index contributed by atoms with van der Waals surface area (Å²) in [5.74, 6) is 0. The number of rotatable bonds is 8. The van der Waals surface area contributed by atoms with Crippen LogP contribution in [-0.4, -0.2) is 0 Å². The van der Waals surface area contributed by atoms with Crippen molar-refractivity contribution in [1.82, 2.24) is 0 Å². The van der Waals surface area contributed by atoms with E-state index >= 15 is 0 Å². The van der Waals surface area contributed by atoms with Crippen molar-refractivity contribution in [1.29, 1.82) is 0 Å². The van der Waals surface area contributed by atoms with Gasteiger partial charge in [0, 0.05) is 53.4 Å². The van der Waals surface area contributed by atoms with Crippen molar-refractivity contribution in [3.8, 4) is 44.5 Å². The number of nitrogens with zero attached hydrogens (tertiary/aromatic N) is 1. The van der Waals surface area contributed by atoms with E-state index in [1.54, 1.807) is 0 Å². The van der Waals surface area contributed by atoms with Crippen molar-refractivity contribution in [2.24, 2.45) is 0 Å². The van der Waals surface area contributed by atoms with Crippen molar-refractivity contribution < 1.29 is 4.42 Å². The molecule has 2 aromatic heterocycles. The first-order valence-corrected chi connectivity index (χ1v) is 24.8. The fourth-order valence-electron chi connectivity index (χ4n) is 11.5. The first-order chi connectivity index (χ1) is 34.7. The van der Waals surface area contributed by atoms with E-state index in [-0.39, 0.29) is 0 Å². The Morgan fingerprint density at radius 2 is 0.843 bits per heavy atom. The first-order valence-electron chi connectivity index (χ1n) is 24.0. The zero-order valence-corrected chi connectivity index (χ0v) is 38.9. The molecule has 2 heterocycles. The van der Waals surface area contributed by atoms with Crippen LogP contribution < -0.4 is 4.90 Å². The maximum atomic E-state index is 6.53. The van der Waals surface area contributed by atoms with E-state index in [4.69, 9.17) is 4.42 Å². The quantitative estimate of drug-likeness (QED) is 0.151. The topological polar surface area (TPSA) is 16.4 Å². The molecule has 1 aliphatic rings. The van der Waals surface area contributed by atoms with Crippen molar-refractivity contribution in [2.75, 3.05) is 4.90 Å². The van der Waals surface area contributed by atoms with E-state index in [0.717, 1.165) is 50.1 Å². The fraction of sp³-hybridized carbons (Fsp3) is 0.0149. The van der Waals surface area contributed by atoms with E-state index < -0.39 is 5.41 Å². The third-order valence-electron chi connectivity index (χ3n) is 14.6. The molecule has 3 heteroatoms. The van der Waals surface area contributed by atoms with Gasteiger partial charge in [-0.15, -0.1) is 11.3 Å². The third-order valence-corrected chi connectivity index (χ3v) is 15.8. The highest BCUT2D eigenvalue weighted by Crippen LogP contribution is 2.59. The molecule has 0 atom stereocenters. The summed E-state index contributed by atoms with van der Waals surface area (Å²) >= 11 is 1.88. The average Bonchev–Trinajstić information content (AvgIpc) is 4.11. The van der Waals surface area contributed by atoms with Gasteiger partial charge in [-0.05, 0) is 98.1 Å². The van der Waals surface area contributed by atoms with Crippen LogP contribution in [-0.2, 0) is 5.41 Å². The smallest absolute Gasteiger partial charge is 0.143 e. The third kappa shape index (κ3) is 6.19. The minimum atomic E-state index is -0.524. The van der Waals surface area contributed by atoms with Crippen LogP contribution in [0.3, 0.4) is 0 Å². The molecule has 0 amide bonds. The lowest BCUT2D eigenvalue weighted by Crippen LogP contribution is -2.28. The number of fused-ring (bicyclic) bond motifs is 9. The molecule has 0 unspecified atom stereocenters. The second kappa shape index (κ2) is 16.2. The zero-order chi connectivity index (χ0) is 46.2. The molecule has 0 bridgehead atoms. The minimum Gasteiger partial charge on any atom is -0.455 e. The summed E-state index contributed by atoms with van der Waals surface area (Å²) in [6, 6.07) is 95.4. The van der Waals surface area contributed by atoms with Gasteiger partial charge in [0.1, 0.15) is 11.2 Å². The largest absolute Gasteiger partial charge is 0.455 e. The molecule has 0 saturated heterocycles. The number of hydrogen-bond acceptors (Lipinski definition) is 3. The lowest BCUT2D eigenvalue weighted by molar-refractivity contribution is 0.670. The van der Waals surface area contributed by atoms with Crippen LogP contribution in [0.2, 0.25) is 0 Å². The lowest BCUT2D eigenvalue weighted by Gasteiger charge is -2.34. The van der Waals surface area contributed by atoms with E-state index in [9.17, 15) is 0 Å². The van der Waals surface area contributed by atoms with Gasteiger partial charge in [0.15, 0.2) is 0 Å². The predicted octanol–water partition coefficient (Wildman–Crippen LogP) is 18.8. The minimum absolute atomic E-state index is 0.524. The Kier molecular flexibility index (Phi) is 9.33. The molecule has 0 saturated carbocycles. The van der Waals surface area contributed by atoms with Crippen molar-refractivity contribution in [3.63, 3.8) is 0 Å². The van der Waals surface area contributed by atoms with Crippen LogP contribution in [0.15, 0.2) is 265 Å². The summed E-state index contributed by atoms with van der Waals surface area (Å²) in [5.41, 5.74) is 19.1. The molecule has 328 valence electrons.